The van der Waals surface area contributed by atoms with E-state index >= 15 is 0 Å². The summed E-state index contributed by atoms with van der Waals surface area (Å²) in [5, 5.41) is 5.00. The van der Waals surface area contributed by atoms with E-state index in [9.17, 15) is 4.79 Å². The van der Waals surface area contributed by atoms with Crippen molar-refractivity contribution in [3.8, 4) is 11.3 Å². The molecule has 2 heterocycles. The van der Waals surface area contributed by atoms with Crippen molar-refractivity contribution in [3.05, 3.63) is 89.5 Å². The lowest BCUT2D eigenvalue weighted by atomic mass is 9.99. The van der Waals surface area contributed by atoms with Crippen LogP contribution < -0.4 is 0 Å². The minimum absolute atomic E-state index is 0.0478. The molecule has 4 nitrogen and oxygen atoms in total. The minimum Gasteiger partial charge on any atom is -0.355 e. The predicted molar refractivity (Wildman–Crippen MR) is 104 cm³/mol. The van der Waals surface area contributed by atoms with E-state index < -0.39 is 0 Å². The number of benzene rings is 3. The Morgan fingerprint density at radius 1 is 0.926 bits per heavy atom. The summed E-state index contributed by atoms with van der Waals surface area (Å²) in [5.41, 5.74) is 4.95. The van der Waals surface area contributed by atoms with Gasteiger partial charge in [0.05, 0.1) is 5.39 Å². The molecular formula is C23H18N2O2. The zero-order valence-electron chi connectivity index (χ0n) is 14.8. The first-order valence-electron chi connectivity index (χ1n) is 9.10. The van der Waals surface area contributed by atoms with Gasteiger partial charge in [-0.05, 0) is 35.7 Å². The van der Waals surface area contributed by atoms with Crippen molar-refractivity contribution in [3.63, 3.8) is 0 Å². The summed E-state index contributed by atoms with van der Waals surface area (Å²) in [7, 11) is 0. The van der Waals surface area contributed by atoms with Crippen molar-refractivity contribution in [1.82, 2.24) is 10.1 Å². The third kappa shape index (κ3) is 2.79. The molecule has 4 heteroatoms. The number of hydrogen-bond acceptors (Lipinski definition) is 3. The van der Waals surface area contributed by atoms with Crippen molar-refractivity contribution < 1.29 is 9.32 Å². The molecule has 4 aromatic rings. The van der Waals surface area contributed by atoms with Gasteiger partial charge in [0.1, 0.15) is 5.52 Å². The quantitative estimate of drug-likeness (QED) is 0.524. The second kappa shape index (κ2) is 6.40. The summed E-state index contributed by atoms with van der Waals surface area (Å²) in [6.45, 7) is 1.39. The summed E-state index contributed by atoms with van der Waals surface area (Å²) in [6.07, 6.45) is 0.896. The van der Waals surface area contributed by atoms with E-state index in [2.05, 4.69) is 23.4 Å². The van der Waals surface area contributed by atoms with Crippen molar-refractivity contribution >= 4 is 16.8 Å². The van der Waals surface area contributed by atoms with Gasteiger partial charge < -0.3 is 9.42 Å². The Morgan fingerprint density at radius 3 is 2.56 bits per heavy atom. The van der Waals surface area contributed by atoms with Gasteiger partial charge in [0.2, 0.25) is 0 Å². The van der Waals surface area contributed by atoms with Gasteiger partial charge in [0.25, 0.3) is 5.91 Å². The first-order valence-corrected chi connectivity index (χ1v) is 9.10. The van der Waals surface area contributed by atoms with Gasteiger partial charge in [0.15, 0.2) is 5.76 Å². The van der Waals surface area contributed by atoms with Crippen molar-refractivity contribution in [2.75, 3.05) is 6.54 Å². The number of carbonyl (C=O) groups excluding carboxylic acids is 1. The second-order valence-electron chi connectivity index (χ2n) is 6.86. The van der Waals surface area contributed by atoms with E-state index in [1.807, 2.05) is 59.5 Å². The molecule has 1 amide bonds. The fourth-order valence-corrected chi connectivity index (χ4v) is 3.72. The van der Waals surface area contributed by atoms with Gasteiger partial charge in [-0.3, -0.25) is 4.79 Å². The number of amides is 1. The topological polar surface area (TPSA) is 46.3 Å². The number of nitrogens with zero attached hydrogens (tertiary/aromatic N) is 2. The van der Waals surface area contributed by atoms with Crippen LogP contribution in [0.2, 0.25) is 0 Å². The molecule has 5 rings (SSSR count). The molecule has 3 aromatic carbocycles. The van der Waals surface area contributed by atoms with Crippen molar-refractivity contribution in [2.45, 2.75) is 13.0 Å². The smallest absolute Gasteiger partial charge is 0.254 e. The van der Waals surface area contributed by atoms with Crippen LogP contribution in [0.4, 0.5) is 0 Å². The van der Waals surface area contributed by atoms with Gasteiger partial charge in [-0.25, -0.2) is 0 Å². The molecule has 0 radical (unpaired) electrons. The highest BCUT2D eigenvalue weighted by Gasteiger charge is 2.22. The van der Waals surface area contributed by atoms with Gasteiger partial charge in [0, 0.05) is 24.2 Å². The Hall–Kier alpha value is -3.40. The third-order valence-corrected chi connectivity index (χ3v) is 5.18. The molecule has 0 saturated carbocycles. The third-order valence-electron chi connectivity index (χ3n) is 5.18. The van der Waals surface area contributed by atoms with E-state index in [1.165, 1.54) is 11.1 Å². The summed E-state index contributed by atoms with van der Waals surface area (Å²) < 4.78 is 5.55. The fourth-order valence-electron chi connectivity index (χ4n) is 3.72. The number of carbonyl (C=O) groups is 1. The molecule has 0 fully saturated rings. The van der Waals surface area contributed by atoms with Gasteiger partial charge in [-0.15, -0.1) is 0 Å². The fraction of sp³-hybridized carbons (Fsp3) is 0.130. The Labute approximate surface area is 157 Å². The Morgan fingerprint density at radius 2 is 1.70 bits per heavy atom. The highest BCUT2D eigenvalue weighted by molar-refractivity contribution is 6.01. The highest BCUT2D eigenvalue weighted by atomic mass is 16.5. The number of fused-ring (bicyclic) bond motifs is 2. The van der Waals surface area contributed by atoms with Crippen LogP contribution in [-0.2, 0) is 13.0 Å². The van der Waals surface area contributed by atoms with Crippen molar-refractivity contribution in [1.29, 1.82) is 0 Å². The van der Waals surface area contributed by atoms with Crippen LogP contribution >= 0.6 is 0 Å². The van der Waals surface area contributed by atoms with E-state index in [0.29, 0.717) is 17.9 Å². The largest absolute Gasteiger partial charge is 0.355 e. The average Bonchev–Trinajstić information content (AvgIpc) is 3.17. The summed E-state index contributed by atoms with van der Waals surface area (Å²) >= 11 is 0. The molecule has 0 bridgehead atoms. The monoisotopic (exact) mass is 354 g/mol. The first kappa shape index (κ1) is 15.8. The van der Waals surface area contributed by atoms with Crippen LogP contribution in [0, 0.1) is 0 Å². The maximum Gasteiger partial charge on any atom is 0.254 e. The lowest BCUT2D eigenvalue weighted by Crippen LogP contribution is -2.35. The molecular weight excluding hydrogens is 336 g/mol. The molecule has 27 heavy (non-hydrogen) atoms. The zero-order valence-corrected chi connectivity index (χ0v) is 14.8. The molecule has 0 aliphatic carbocycles. The maximum absolute atomic E-state index is 13.1. The molecule has 0 unspecified atom stereocenters. The lowest BCUT2D eigenvalue weighted by molar-refractivity contribution is 0.0735. The molecule has 0 N–H and O–H groups in total. The molecule has 0 spiro atoms. The van der Waals surface area contributed by atoms with E-state index in [1.54, 1.807) is 0 Å². The van der Waals surface area contributed by atoms with Gasteiger partial charge >= 0.3 is 0 Å². The summed E-state index contributed by atoms with van der Waals surface area (Å²) in [5.74, 6) is 0.746. The SMILES string of the molecule is O=C(c1ccc2noc(-c3ccccc3)c2c1)N1CCc2ccccc2C1. The molecule has 132 valence electrons. The summed E-state index contributed by atoms with van der Waals surface area (Å²) in [4.78, 5) is 15.0. The maximum atomic E-state index is 13.1. The number of rotatable bonds is 2. The highest BCUT2D eigenvalue weighted by Crippen LogP contribution is 2.30. The molecule has 1 aliphatic heterocycles. The van der Waals surface area contributed by atoms with Crippen LogP contribution in [0.1, 0.15) is 21.5 Å². The first-order chi connectivity index (χ1) is 13.3. The zero-order chi connectivity index (χ0) is 18.2. The van der Waals surface area contributed by atoms with Crippen LogP contribution in [0.15, 0.2) is 77.3 Å². The lowest BCUT2D eigenvalue weighted by Gasteiger charge is -2.29. The van der Waals surface area contributed by atoms with Gasteiger partial charge in [-0.1, -0.05) is 59.8 Å². The van der Waals surface area contributed by atoms with Crippen molar-refractivity contribution in [2.24, 2.45) is 0 Å². The normalized spacial score (nSPS) is 13.6. The Balaban J connectivity index is 1.49. The minimum atomic E-state index is 0.0478. The average molecular weight is 354 g/mol. The molecule has 1 aliphatic rings. The van der Waals surface area contributed by atoms with Crippen LogP contribution in [0.25, 0.3) is 22.2 Å². The second-order valence-corrected chi connectivity index (χ2v) is 6.86. The standard InChI is InChI=1S/C23H18N2O2/c26-23(25-13-12-16-6-4-5-9-19(16)15-25)18-10-11-21-20(14-18)22(27-24-21)17-7-2-1-3-8-17/h1-11,14H,12-13,15H2. The Bertz CT molecular complexity index is 1130. The summed E-state index contributed by atoms with van der Waals surface area (Å²) in [6, 6.07) is 23.8. The molecule has 1 aromatic heterocycles. The Kier molecular flexibility index (Phi) is 3.75. The van der Waals surface area contributed by atoms with Crippen LogP contribution in [-0.4, -0.2) is 22.5 Å². The molecule has 0 saturated heterocycles. The van der Waals surface area contributed by atoms with E-state index in [0.717, 1.165) is 29.4 Å². The number of aromatic nitrogens is 1. The molecule has 0 atom stereocenters. The van der Waals surface area contributed by atoms with Crippen LogP contribution in [0.5, 0.6) is 0 Å². The van der Waals surface area contributed by atoms with Crippen LogP contribution in [0.3, 0.4) is 0 Å². The predicted octanol–water partition coefficient (Wildman–Crippen LogP) is 4.69. The van der Waals surface area contributed by atoms with Gasteiger partial charge in [-0.2, -0.15) is 0 Å². The van der Waals surface area contributed by atoms with E-state index in [-0.39, 0.29) is 5.91 Å². The number of hydrogen-bond donors (Lipinski definition) is 0. The van der Waals surface area contributed by atoms with E-state index in [4.69, 9.17) is 4.52 Å².